The van der Waals surface area contributed by atoms with Gasteiger partial charge in [-0.2, -0.15) is 0 Å². The molecule has 12 heavy (non-hydrogen) atoms. The Kier molecular flexibility index (Phi) is 1.87. The summed E-state index contributed by atoms with van der Waals surface area (Å²) in [5.41, 5.74) is 0.937. The summed E-state index contributed by atoms with van der Waals surface area (Å²) >= 11 is 0. The van der Waals surface area contributed by atoms with Gasteiger partial charge in [0.05, 0.1) is 6.10 Å². The number of aliphatic hydroxyl groups is 1. The summed E-state index contributed by atoms with van der Waals surface area (Å²) < 4.78 is 5.18. The van der Waals surface area contributed by atoms with Gasteiger partial charge in [0.25, 0.3) is 0 Å². The lowest BCUT2D eigenvalue weighted by Gasteiger charge is -2.06. The van der Waals surface area contributed by atoms with E-state index in [0.29, 0.717) is 0 Å². The van der Waals surface area contributed by atoms with E-state index in [9.17, 15) is 5.11 Å². The molecule has 1 aromatic rings. The fraction of sp³-hybridized carbons (Fsp3) is 0.400. The molecule has 1 aromatic carbocycles. The molecule has 0 aromatic heterocycles. The second-order valence-corrected chi connectivity index (χ2v) is 3.16. The second-order valence-electron chi connectivity index (χ2n) is 3.16. The van der Waals surface area contributed by atoms with Crippen LogP contribution in [0.25, 0.3) is 0 Å². The topological polar surface area (TPSA) is 32.8 Å². The highest BCUT2D eigenvalue weighted by atomic mass is 16.6. The van der Waals surface area contributed by atoms with E-state index in [2.05, 4.69) is 0 Å². The van der Waals surface area contributed by atoms with E-state index in [1.165, 1.54) is 0 Å². The molecule has 1 N–H and O–H groups in total. The average Bonchev–Trinajstić information content (AvgIpc) is 2.83. The van der Waals surface area contributed by atoms with Crippen LogP contribution in [0.1, 0.15) is 18.6 Å². The maximum Gasteiger partial charge on any atom is 0.114 e. The van der Waals surface area contributed by atoms with E-state index in [1.807, 2.05) is 37.3 Å². The molecule has 0 aliphatic carbocycles. The van der Waals surface area contributed by atoms with Crippen LogP contribution >= 0.6 is 0 Å². The smallest absolute Gasteiger partial charge is 0.114 e. The minimum absolute atomic E-state index is 0.00685. The fourth-order valence-corrected chi connectivity index (χ4v) is 1.37. The van der Waals surface area contributed by atoms with Gasteiger partial charge < -0.3 is 9.84 Å². The molecule has 0 saturated carbocycles. The van der Waals surface area contributed by atoms with E-state index in [4.69, 9.17) is 4.74 Å². The largest absolute Gasteiger partial charge is 0.386 e. The number of hydrogen-bond acceptors (Lipinski definition) is 2. The predicted octanol–water partition coefficient (Wildman–Crippen LogP) is 1.51. The van der Waals surface area contributed by atoms with Crippen LogP contribution in [0, 0.1) is 0 Å². The van der Waals surface area contributed by atoms with Gasteiger partial charge in [0.15, 0.2) is 0 Å². The minimum atomic E-state index is -0.457. The summed E-state index contributed by atoms with van der Waals surface area (Å²) in [5, 5.41) is 9.71. The Balaban J connectivity index is 2.10. The van der Waals surface area contributed by atoms with Crippen LogP contribution in [0.5, 0.6) is 0 Å². The van der Waals surface area contributed by atoms with Crippen molar-refractivity contribution in [1.29, 1.82) is 0 Å². The molecule has 0 unspecified atom stereocenters. The Morgan fingerprint density at radius 3 is 2.42 bits per heavy atom. The summed E-state index contributed by atoms with van der Waals surface area (Å²) in [6, 6.07) is 9.61. The van der Waals surface area contributed by atoms with Crippen molar-refractivity contribution in [1.82, 2.24) is 0 Å². The Labute approximate surface area is 71.8 Å². The van der Waals surface area contributed by atoms with Crippen molar-refractivity contribution in [2.75, 3.05) is 0 Å². The molecule has 3 atom stereocenters. The van der Waals surface area contributed by atoms with Gasteiger partial charge in [-0.1, -0.05) is 30.3 Å². The van der Waals surface area contributed by atoms with Crippen LogP contribution in [0.4, 0.5) is 0 Å². The van der Waals surface area contributed by atoms with E-state index >= 15 is 0 Å². The third-order valence-corrected chi connectivity index (χ3v) is 2.21. The van der Waals surface area contributed by atoms with Crippen molar-refractivity contribution < 1.29 is 9.84 Å². The van der Waals surface area contributed by atoms with Gasteiger partial charge in [0.2, 0.25) is 0 Å². The van der Waals surface area contributed by atoms with Gasteiger partial charge in [0, 0.05) is 0 Å². The first kappa shape index (κ1) is 7.77. The maximum atomic E-state index is 9.71. The molecule has 64 valence electrons. The number of rotatable bonds is 2. The number of benzene rings is 1. The van der Waals surface area contributed by atoms with Crippen molar-refractivity contribution in [3.63, 3.8) is 0 Å². The Morgan fingerprint density at radius 2 is 1.92 bits per heavy atom. The molecular formula is C10H12O2. The summed E-state index contributed by atoms with van der Waals surface area (Å²) in [7, 11) is 0. The van der Waals surface area contributed by atoms with Crippen LogP contribution in [0.2, 0.25) is 0 Å². The van der Waals surface area contributed by atoms with E-state index in [-0.39, 0.29) is 12.2 Å². The van der Waals surface area contributed by atoms with Crippen LogP contribution in [0.15, 0.2) is 30.3 Å². The Bertz CT molecular complexity index is 258. The SMILES string of the molecule is C[C@H]1O[C@H]1[C@H](O)c1ccccc1. The number of epoxide rings is 1. The molecule has 0 spiro atoms. The first-order chi connectivity index (χ1) is 5.79. The molecule has 1 aliphatic rings. The first-order valence-electron chi connectivity index (χ1n) is 4.17. The summed E-state index contributed by atoms with van der Waals surface area (Å²) in [4.78, 5) is 0. The molecular weight excluding hydrogens is 152 g/mol. The predicted molar refractivity (Wildman–Crippen MR) is 45.7 cm³/mol. The average molecular weight is 164 g/mol. The molecule has 1 saturated heterocycles. The molecule has 0 amide bonds. The van der Waals surface area contributed by atoms with Crippen molar-refractivity contribution in [2.24, 2.45) is 0 Å². The molecule has 2 heteroatoms. The van der Waals surface area contributed by atoms with Crippen molar-refractivity contribution in [3.05, 3.63) is 35.9 Å². The van der Waals surface area contributed by atoms with E-state index < -0.39 is 6.10 Å². The third kappa shape index (κ3) is 1.36. The van der Waals surface area contributed by atoms with E-state index in [1.54, 1.807) is 0 Å². The highest BCUT2D eigenvalue weighted by molar-refractivity contribution is 5.20. The molecule has 1 fully saturated rings. The zero-order chi connectivity index (χ0) is 8.55. The number of aliphatic hydroxyl groups excluding tert-OH is 1. The zero-order valence-electron chi connectivity index (χ0n) is 6.97. The quantitative estimate of drug-likeness (QED) is 0.672. The second kappa shape index (κ2) is 2.88. The third-order valence-electron chi connectivity index (χ3n) is 2.21. The van der Waals surface area contributed by atoms with Crippen LogP contribution in [-0.4, -0.2) is 17.3 Å². The maximum absolute atomic E-state index is 9.71. The van der Waals surface area contributed by atoms with E-state index in [0.717, 1.165) is 5.56 Å². The van der Waals surface area contributed by atoms with Crippen molar-refractivity contribution in [3.8, 4) is 0 Å². The summed E-state index contributed by atoms with van der Waals surface area (Å²) in [5.74, 6) is 0. The fourth-order valence-electron chi connectivity index (χ4n) is 1.37. The molecule has 2 rings (SSSR count). The Hall–Kier alpha value is -0.860. The minimum Gasteiger partial charge on any atom is -0.386 e. The lowest BCUT2D eigenvalue weighted by atomic mass is 10.1. The van der Waals surface area contributed by atoms with Gasteiger partial charge in [-0.3, -0.25) is 0 Å². The van der Waals surface area contributed by atoms with Gasteiger partial charge in [-0.05, 0) is 12.5 Å². The summed E-state index contributed by atoms with van der Waals surface area (Å²) in [6.07, 6.45) is -0.242. The first-order valence-corrected chi connectivity index (χ1v) is 4.17. The normalized spacial score (nSPS) is 29.8. The highest BCUT2D eigenvalue weighted by Gasteiger charge is 2.41. The molecule has 1 heterocycles. The summed E-state index contributed by atoms with van der Waals surface area (Å²) in [6.45, 7) is 1.97. The number of hydrogen-bond donors (Lipinski definition) is 1. The number of ether oxygens (including phenoxy) is 1. The molecule has 1 aliphatic heterocycles. The molecule has 2 nitrogen and oxygen atoms in total. The molecule has 0 bridgehead atoms. The van der Waals surface area contributed by atoms with Crippen molar-refractivity contribution in [2.45, 2.75) is 25.2 Å². The van der Waals surface area contributed by atoms with Gasteiger partial charge in [0.1, 0.15) is 12.2 Å². The van der Waals surface area contributed by atoms with Crippen LogP contribution in [-0.2, 0) is 4.74 Å². The van der Waals surface area contributed by atoms with Gasteiger partial charge in [-0.15, -0.1) is 0 Å². The lowest BCUT2D eigenvalue weighted by molar-refractivity contribution is 0.137. The van der Waals surface area contributed by atoms with Crippen molar-refractivity contribution >= 4 is 0 Å². The monoisotopic (exact) mass is 164 g/mol. The van der Waals surface area contributed by atoms with Crippen LogP contribution < -0.4 is 0 Å². The highest BCUT2D eigenvalue weighted by Crippen LogP contribution is 2.33. The van der Waals surface area contributed by atoms with Crippen LogP contribution in [0.3, 0.4) is 0 Å². The zero-order valence-corrected chi connectivity index (χ0v) is 6.97. The van der Waals surface area contributed by atoms with Gasteiger partial charge in [-0.25, -0.2) is 0 Å². The van der Waals surface area contributed by atoms with Gasteiger partial charge >= 0.3 is 0 Å². The lowest BCUT2D eigenvalue weighted by Crippen LogP contribution is -2.06. The standard InChI is InChI=1S/C10H12O2/c1-7-10(12-7)9(11)8-5-3-2-4-6-8/h2-7,9-11H,1H3/t7-,9-,10-/m1/s1. The molecule has 0 radical (unpaired) electrons. The Morgan fingerprint density at radius 1 is 1.33 bits per heavy atom.